The van der Waals surface area contributed by atoms with Crippen molar-refractivity contribution in [3.8, 4) is 0 Å². The summed E-state index contributed by atoms with van der Waals surface area (Å²) in [6.07, 6.45) is 1.59. The van der Waals surface area contributed by atoms with E-state index in [0.29, 0.717) is 30.0 Å². The van der Waals surface area contributed by atoms with Crippen LogP contribution in [0.5, 0.6) is 0 Å². The number of H-pyrrole nitrogens is 1. The number of anilines is 1. The van der Waals surface area contributed by atoms with E-state index in [2.05, 4.69) is 15.0 Å². The molecule has 18 heavy (non-hydrogen) atoms. The number of methoxy groups -OCH3 is 1. The zero-order chi connectivity index (χ0) is 13.7. The Morgan fingerprint density at radius 2 is 2.00 bits per heavy atom. The van der Waals surface area contributed by atoms with Gasteiger partial charge in [0.2, 0.25) is 0 Å². The molecule has 1 heterocycles. The molecule has 6 heteroatoms. The van der Waals surface area contributed by atoms with Crippen LogP contribution in [0, 0.1) is 6.92 Å². The van der Waals surface area contributed by atoms with Gasteiger partial charge in [0.25, 0.3) is 0 Å². The van der Waals surface area contributed by atoms with Crippen LogP contribution in [0.1, 0.15) is 29.9 Å². The number of urea groups is 1. The molecule has 0 fully saturated rings. The molecule has 0 atom stereocenters. The third-order valence-electron chi connectivity index (χ3n) is 2.76. The number of amides is 2. The predicted molar refractivity (Wildman–Crippen MR) is 68.8 cm³/mol. The maximum absolute atomic E-state index is 11.9. The minimum absolute atomic E-state index is 0.232. The second-order valence-electron chi connectivity index (χ2n) is 3.80. The zero-order valence-electron chi connectivity index (χ0n) is 11.2. The molecule has 1 aromatic heterocycles. The van der Waals surface area contributed by atoms with Gasteiger partial charge >= 0.3 is 12.0 Å². The van der Waals surface area contributed by atoms with Crippen molar-refractivity contribution in [3.63, 3.8) is 0 Å². The van der Waals surface area contributed by atoms with Gasteiger partial charge in [-0.1, -0.05) is 0 Å². The van der Waals surface area contributed by atoms with E-state index >= 15 is 0 Å². The molecule has 0 aliphatic heterocycles. The van der Waals surface area contributed by atoms with Crippen molar-refractivity contribution < 1.29 is 14.3 Å². The molecule has 0 bridgehead atoms. The molecule has 100 valence electrons. The number of esters is 1. The second kappa shape index (κ2) is 6.09. The maximum atomic E-state index is 11.9. The Kier molecular flexibility index (Phi) is 4.76. The third-order valence-corrected chi connectivity index (χ3v) is 2.76. The van der Waals surface area contributed by atoms with Crippen molar-refractivity contribution in [3.05, 3.63) is 17.5 Å². The second-order valence-corrected chi connectivity index (χ2v) is 3.80. The molecule has 0 radical (unpaired) electrons. The first-order valence-electron chi connectivity index (χ1n) is 5.87. The quantitative estimate of drug-likeness (QED) is 0.806. The number of nitrogens with zero attached hydrogens (tertiary/aromatic N) is 1. The molecule has 0 saturated carbocycles. The van der Waals surface area contributed by atoms with Crippen LogP contribution in [-0.2, 0) is 4.74 Å². The van der Waals surface area contributed by atoms with Crippen LogP contribution in [0.4, 0.5) is 10.5 Å². The molecule has 0 unspecified atom stereocenters. The fourth-order valence-corrected chi connectivity index (χ4v) is 1.70. The van der Waals surface area contributed by atoms with Crippen LogP contribution in [0.25, 0.3) is 0 Å². The van der Waals surface area contributed by atoms with Crippen molar-refractivity contribution in [1.82, 2.24) is 9.88 Å². The van der Waals surface area contributed by atoms with Crippen LogP contribution in [-0.4, -0.2) is 42.1 Å². The van der Waals surface area contributed by atoms with E-state index < -0.39 is 5.97 Å². The lowest BCUT2D eigenvalue weighted by molar-refractivity contribution is 0.0601. The Bertz CT molecular complexity index is 436. The summed E-state index contributed by atoms with van der Waals surface area (Å²) in [6.45, 7) is 6.76. The van der Waals surface area contributed by atoms with Crippen LogP contribution >= 0.6 is 0 Å². The highest BCUT2D eigenvalue weighted by molar-refractivity contribution is 6.01. The normalized spacial score (nSPS) is 10.0. The molecular weight excluding hydrogens is 234 g/mol. The number of hydrogen-bond acceptors (Lipinski definition) is 3. The molecule has 1 aromatic rings. The number of rotatable bonds is 4. The van der Waals surface area contributed by atoms with Crippen LogP contribution in [0.2, 0.25) is 0 Å². The van der Waals surface area contributed by atoms with Gasteiger partial charge in [-0.05, 0) is 20.8 Å². The molecule has 0 aromatic carbocycles. The lowest BCUT2D eigenvalue weighted by Crippen LogP contribution is -2.34. The third kappa shape index (κ3) is 2.82. The largest absolute Gasteiger partial charge is 0.465 e. The fourth-order valence-electron chi connectivity index (χ4n) is 1.70. The van der Waals surface area contributed by atoms with Crippen LogP contribution in [0.15, 0.2) is 6.20 Å². The fraction of sp³-hybridized carbons (Fsp3) is 0.500. The van der Waals surface area contributed by atoms with Gasteiger partial charge in [-0.25, -0.2) is 9.59 Å². The number of aryl methyl sites for hydroxylation is 1. The number of carbonyl (C=O) groups is 2. The molecular formula is C12H19N3O3. The van der Waals surface area contributed by atoms with Crippen molar-refractivity contribution in [2.75, 3.05) is 25.5 Å². The Labute approximate surface area is 106 Å². The van der Waals surface area contributed by atoms with Crippen LogP contribution < -0.4 is 5.32 Å². The Morgan fingerprint density at radius 3 is 2.50 bits per heavy atom. The highest BCUT2D eigenvalue weighted by atomic mass is 16.5. The molecule has 0 saturated heterocycles. The van der Waals surface area contributed by atoms with E-state index in [1.54, 1.807) is 18.0 Å². The summed E-state index contributed by atoms with van der Waals surface area (Å²) in [5.41, 5.74) is 1.46. The average molecular weight is 253 g/mol. The predicted octanol–water partition coefficient (Wildman–Crippen LogP) is 1.98. The Hall–Kier alpha value is -1.98. The van der Waals surface area contributed by atoms with Gasteiger partial charge < -0.3 is 19.9 Å². The standard InChI is InChI=1S/C12H19N3O3/c1-5-15(6-2)12(17)14-9-7-13-8(3)10(9)11(16)18-4/h7,13H,5-6H2,1-4H3,(H,14,17). The minimum atomic E-state index is -0.469. The first-order valence-corrected chi connectivity index (χ1v) is 5.87. The Morgan fingerprint density at radius 1 is 1.39 bits per heavy atom. The molecule has 0 aliphatic rings. The van der Waals surface area contributed by atoms with E-state index in [1.165, 1.54) is 7.11 Å². The number of aromatic nitrogens is 1. The van der Waals surface area contributed by atoms with E-state index in [-0.39, 0.29) is 6.03 Å². The van der Waals surface area contributed by atoms with Gasteiger partial charge in [0.1, 0.15) is 5.56 Å². The van der Waals surface area contributed by atoms with Gasteiger partial charge in [-0.15, -0.1) is 0 Å². The average Bonchev–Trinajstić information content (AvgIpc) is 2.71. The molecule has 0 spiro atoms. The smallest absolute Gasteiger partial charge is 0.341 e. The van der Waals surface area contributed by atoms with Gasteiger partial charge in [0.15, 0.2) is 0 Å². The zero-order valence-corrected chi connectivity index (χ0v) is 11.2. The van der Waals surface area contributed by atoms with Gasteiger partial charge in [-0.3, -0.25) is 0 Å². The molecule has 0 aliphatic carbocycles. The Balaban J connectivity index is 2.91. The highest BCUT2D eigenvalue weighted by Crippen LogP contribution is 2.20. The van der Waals surface area contributed by atoms with E-state index in [9.17, 15) is 9.59 Å². The summed E-state index contributed by atoms with van der Waals surface area (Å²) in [5.74, 6) is -0.469. The number of hydrogen-bond donors (Lipinski definition) is 2. The monoisotopic (exact) mass is 253 g/mol. The van der Waals surface area contributed by atoms with Crippen molar-refractivity contribution >= 4 is 17.7 Å². The number of carbonyl (C=O) groups excluding carboxylic acids is 2. The molecule has 6 nitrogen and oxygen atoms in total. The van der Waals surface area contributed by atoms with Crippen molar-refractivity contribution in [1.29, 1.82) is 0 Å². The van der Waals surface area contributed by atoms with Crippen molar-refractivity contribution in [2.45, 2.75) is 20.8 Å². The first-order chi connectivity index (χ1) is 8.54. The summed E-state index contributed by atoms with van der Waals surface area (Å²) in [4.78, 5) is 28.0. The van der Waals surface area contributed by atoms with Crippen LogP contribution in [0.3, 0.4) is 0 Å². The summed E-state index contributed by atoms with van der Waals surface area (Å²) in [7, 11) is 1.31. The lowest BCUT2D eigenvalue weighted by Gasteiger charge is -2.19. The lowest BCUT2D eigenvalue weighted by atomic mass is 10.2. The van der Waals surface area contributed by atoms with Gasteiger partial charge in [0.05, 0.1) is 12.8 Å². The molecule has 2 amide bonds. The summed E-state index contributed by atoms with van der Waals surface area (Å²) in [5, 5.41) is 2.70. The number of ether oxygens (including phenoxy) is 1. The van der Waals surface area contributed by atoms with Crippen molar-refractivity contribution in [2.24, 2.45) is 0 Å². The highest BCUT2D eigenvalue weighted by Gasteiger charge is 2.19. The summed E-state index contributed by atoms with van der Waals surface area (Å²) in [6, 6.07) is -0.232. The minimum Gasteiger partial charge on any atom is -0.465 e. The molecule has 1 rings (SSSR count). The maximum Gasteiger partial charge on any atom is 0.341 e. The number of aromatic amines is 1. The van der Waals surface area contributed by atoms with E-state index in [1.807, 2.05) is 13.8 Å². The SMILES string of the molecule is CCN(CC)C(=O)Nc1c[nH]c(C)c1C(=O)OC. The van der Waals surface area contributed by atoms with E-state index in [0.717, 1.165) is 0 Å². The van der Waals surface area contributed by atoms with E-state index in [4.69, 9.17) is 0 Å². The van der Waals surface area contributed by atoms with Gasteiger partial charge in [0, 0.05) is 25.0 Å². The summed E-state index contributed by atoms with van der Waals surface area (Å²) >= 11 is 0. The van der Waals surface area contributed by atoms with Gasteiger partial charge in [-0.2, -0.15) is 0 Å². The topological polar surface area (TPSA) is 74.4 Å². The first kappa shape index (κ1) is 14.1. The number of nitrogens with one attached hydrogen (secondary N) is 2. The summed E-state index contributed by atoms with van der Waals surface area (Å²) < 4.78 is 4.69. The molecule has 2 N–H and O–H groups in total.